The van der Waals surface area contributed by atoms with Crippen LogP contribution in [0.5, 0.6) is 0 Å². The number of piperidine rings is 2. The van der Waals surface area contributed by atoms with Crippen LogP contribution in [-0.2, 0) is 19.2 Å². The largest absolute Gasteiger partial charge is 0.397 e. The van der Waals surface area contributed by atoms with E-state index in [1.165, 1.54) is 4.90 Å². The summed E-state index contributed by atoms with van der Waals surface area (Å²) in [6, 6.07) is 13.9. The number of pyridine rings is 2. The Morgan fingerprint density at radius 1 is 0.625 bits per heavy atom. The lowest BCUT2D eigenvalue weighted by Crippen LogP contribution is -2.45. The fourth-order valence-electron chi connectivity index (χ4n) is 10.7. The molecule has 0 radical (unpaired) electrons. The molecule has 2 N–H and O–H groups in total. The first-order chi connectivity index (χ1) is 30.8. The predicted molar refractivity (Wildman–Crippen MR) is 228 cm³/mol. The number of nitrogens with zero attached hydrogens (tertiary/aromatic N) is 9. The second-order valence-electron chi connectivity index (χ2n) is 19.3. The van der Waals surface area contributed by atoms with Gasteiger partial charge in [0.15, 0.2) is 11.3 Å². The third-order valence-corrected chi connectivity index (χ3v) is 15.0. The van der Waals surface area contributed by atoms with Gasteiger partial charge in [-0.3, -0.25) is 29.8 Å². The molecule has 4 amide bonds. The summed E-state index contributed by atoms with van der Waals surface area (Å²) in [6.45, 7) is 2.35. The second-order valence-corrected chi connectivity index (χ2v) is 19.3. The molecule has 6 fully saturated rings. The Hall–Kier alpha value is -5.60. The van der Waals surface area contributed by atoms with Crippen molar-refractivity contribution in [3.8, 4) is 6.07 Å². The van der Waals surface area contributed by atoms with Crippen molar-refractivity contribution in [1.29, 1.82) is 5.26 Å². The summed E-state index contributed by atoms with van der Waals surface area (Å²) in [7, 11) is 0. The maximum absolute atomic E-state index is 12.5. The SMILES string of the molecule is N#CCC(=O)N1CCC2(CCC(c3cccc4nc(NC(=O)C5CC5)nn34)CC2)CC1.O=C(Nc1nc2cccc(C3CCC4(CC3)CCN(C(=O)CC(F)(F)F)CC4)n2n1)C1CC1. The Labute approximate surface area is 369 Å². The number of rotatable bonds is 8. The van der Waals surface area contributed by atoms with E-state index in [0.717, 1.165) is 133 Å². The van der Waals surface area contributed by atoms with E-state index in [2.05, 4.69) is 42.9 Å². The molecule has 4 aromatic rings. The number of aromatic nitrogens is 6. The number of carbonyl (C=O) groups is 4. The monoisotopic (exact) mass is 883 g/mol. The summed E-state index contributed by atoms with van der Waals surface area (Å²) in [4.78, 5) is 60.2. The van der Waals surface area contributed by atoms with Crippen LogP contribution in [0.25, 0.3) is 11.3 Å². The Bertz CT molecular complexity index is 2420. The van der Waals surface area contributed by atoms with Gasteiger partial charge in [-0.2, -0.15) is 28.4 Å². The zero-order chi connectivity index (χ0) is 44.6. The molecule has 0 aromatic carbocycles. The fourth-order valence-corrected chi connectivity index (χ4v) is 10.7. The van der Waals surface area contributed by atoms with Crippen LogP contribution < -0.4 is 10.6 Å². The van der Waals surface area contributed by atoms with E-state index in [9.17, 15) is 32.3 Å². The molecule has 6 heterocycles. The van der Waals surface area contributed by atoms with E-state index in [1.54, 1.807) is 0 Å². The van der Waals surface area contributed by atoms with Gasteiger partial charge < -0.3 is 9.80 Å². The van der Waals surface area contributed by atoms with Gasteiger partial charge in [-0.15, -0.1) is 10.2 Å². The van der Waals surface area contributed by atoms with Gasteiger partial charge in [-0.25, -0.2) is 9.03 Å². The highest BCUT2D eigenvalue weighted by Gasteiger charge is 2.43. The Kier molecular flexibility index (Phi) is 12.1. The maximum Gasteiger partial charge on any atom is 0.397 e. The minimum absolute atomic E-state index is 0.0138. The summed E-state index contributed by atoms with van der Waals surface area (Å²) in [5.74, 6) is 0.821. The smallest absolute Gasteiger partial charge is 0.342 e. The summed E-state index contributed by atoms with van der Waals surface area (Å²) < 4.78 is 41.4. The maximum atomic E-state index is 12.5. The number of anilines is 2. The zero-order valence-corrected chi connectivity index (χ0v) is 36.1. The lowest BCUT2D eigenvalue weighted by molar-refractivity contribution is -0.163. The topological polar surface area (TPSA) is 183 Å². The highest BCUT2D eigenvalue weighted by molar-refractivity contribution is 5.93. The molecule has 0 bridgehead atoms. The van der Waals surface area contributed by atoms with E-state index in [4.69, 9.17) is 5.26 Å². The highest BCUT2D eigenvalue weighted by atomic mass is 19.4. The molecule has 0 atom stereocenters. The van der Waals surface area contributed by atoms with Gasteiger partial charge in [0.2, 0.25) is 35.5 Å². The van der Waals surface area contributed by atoms with E-state index < -0.39 is 18.5 Å². The van der Waals surface area contributed by atoms with E-state index >= 15 is 0 Å². The van der Waals surface area contributed by atoms with Crippen LogP contribution in [0.4, 0.5) is 25.1 Å². The molecule has 4 saturated carbocycles. The van der Waals surface area contributed by atoms with Gasteiger partial charge in [-0.1, -0.05) is 12.1 Å². The van der Waals surface area contributed by atoms with E-state index in [-0.39, 0.29) is 41.4 Å². The first-order valence-electron chi connectivity index (χ1n) is 23.1. The highest BCUT2D eigenvalue weighted by Crippen LogP contribution is 2.50. The Balaban J connectivity index is 0.000000162. The Morgan fingerprint density at radius 3 is 1.41 bits per heavy atom. The number of fused-ring (bicyclic) bond motifs is 2. The van der Waals surface area contributed by atoms with Gasteiger partial charge in [0.25, 0.3) is 0 Å². The molecule has 2 aliphatic heterocycles. The summed E-state index contributed by atoms with van der Waals surface area (Å²) in [5.41, 5.74) is 4.13. The normalized spacial score (nSPS) is 22.2. The van der Waals surface area contributed by atoms with Crippen LogP contribution in [0.2, 0.25) is 0 Å². The van der Waals surface area contributed by atoms with Crippen LogP contribution >= 0.6 is 0 Å². The van der Waals surface area contributed by atoms with Crippen molar-refractivity contribution in [1.82, 2.24) is 39.0 Å². The van der Waals surface area contributed by atoms with Crippen LogP contribution in [0.15, 0.2) is 36.4 Å². The molecule has 4 aliphatic carbocycles. The molecule has 15 nitrogen and oxygen atoms in total. The second kappa shape index (κ2) is 17.8. The zero-order valence-electron chi connectivity index (χ0n) is 36.1. The minimum Gasteiger partial charge on any atom is -0.342 e. The summed E-state index contributed by atoms with van der Waals surface area (Å²) in [6.07, 6.45) is 9.85. The van der Waals surface area contributed by atoms with Crippen LogP contribution in [0.1, 0.15) is 139 Å². The molecule has 340 valence electrons. The van der Waals surface area contributed by atoms with Gasteiger partial charge in [-0.05, 0) is 138 Å². The van der Waals surface area contributed by atoms with Crippen molar-refractivity contribution < 1.29 is 32.3 Å². The molecule has 2 saturated heterocycles. The third-order valence-electron chi connectivity index (χ3n) is 15.0. The average Bonchev–Trinajstić information content (AvgIpc) is 4.22. The van der Waals surface area contributed by atoms with Gasteiger partial charge >= 0.3 is 6.18 Å². The molecule has 0 unspecified atom stereocenters. The molecular weight excluding hydrogens is 828 g/mol. The van der Waals surface area contributed by atoms with Crippen molar-refractivity contribution >= 4 is 46.8 Å². The molecule has 18 heteroatoms. The molecule has 64 heavy (non-hydrogen) atoms. The number of hydrogen-bond donors (Lipinski definition) is 2. The molecule has 6 aliphatic rings. The van der Waals surface area contributed by atoms with Crippen molar-refractivity contribution in [3.05, 3.63) is 47.8 Å². The van der Waals surface area contributed by atoms with Gasteiger partial charge in [0, 0.05) is 61.2 Å². The van der Waals surface area contributed by atoms with Gasteiger partial charge in [0.05, 0.1) is 6.07 Å². The average molecular weight is 884 g/mol. The summed E-state index contributed by atoms with van der Waals surface area (Å²) in [5, 5.41) is 23.6. The predicted octanol–water partition coefficient (Wildman–Crippen LogP) is 7.55. The number of nitrogens with one attached hydrogen (secondary N) is 2. The molecule has 2 spiro atoms. The van der Waals surface area contributed by atoms with Crippen molar-refractivity contribution in [2.45, 2.75) is 134 Å². The minimum atomic E-state index is -4.45. The number of amides is 4. The van der Waals surface area contributed by atoms with Crippen LogP contribution in [-0.4, -0.2) is 95.0 Å². The molecular formula is C46H56F3N11O4. The quantitative estimate of drug-likeness (QED) is 0.180. The number of alkyl halides is 3. The number of nitriles is 1. The fraction of sp³-hybridized carbons (Fsp3) is 0.630. The summed E-state index contributed by atoms with van der Waals surface area (Å²) >= 11 is 0. The molecule has 4 aromatic heterocycles. The van der Waals surface area contributed by atoms with Crippen molar-refractivity contribution in [2.24, 2.45) is 22.7 Å². The van der Waals surface area contributed by atoms with Crippen LogP contribution in [0, 0.1) is 34.0 Å². The lowest BCUT2D eigenvalue weighted by atomic mass is 9.65. The van der Waals surface area contributed by atoms with E-state index in [1.807, 2.05) is 44.3 Å². The number of carbonyl (C=O) groups excluding carboxylic acids is 4. The third kappa shape index (κ3) is 9.87. The van der Waals surface area contributed by atoms with Crippen molar-refractivity contribution in [3.63, 3.8) is 0 Å². The number of likely N-dealkylation sites (tertiary alicyclic amines) is 2. The van der Waals surface area contributed by atoms with Crippen molar-refractivity contribution in [2.75, 3.05) is 36.8 Å². The lowest BCUT2D eigenvalue weighted by Gasteiger charge is -2.46. The van der Waals surface area contributed by atoms with E-state index in [0.29, 0.717) is 47.9 Å². The molecule has 10 rings (SSSR count). The standard InChI is InChI=1S/C23H28F3N5O2.C23H28N6O2/c24-23(25,26)14-19(32)30-12-10-22(11-13-30)8-6-15(7-9-22)17-2-1-3-18-27-21(29-31(17)18)28-20(33)16-4-5-16;24-13-8-20(30)28-14-11-23(12-15-28)9-6-16(7-10-23)18-2-1-3-19-25-22(27-29(18)19)26-21(31)17-4-5-17/h1-3,15-16H,4-14H2,(H,28,29,33);1-3,16-17H,4-12,14-15H2,(H,26,27,31). The van der Waals surface area contributed by atoms with Crippen LogP contribution in [0.3, 0.4) is 0 Å². The number of hydrogen-bond acceptors (Lipinski definition) is 9. The Morgan fingerprint density at radius 2 is 1.03 bits per heavy atom. The van der Waals surface area contributed by atoms with Gasteiger partial charge in [0.1, 0.15) is 12.8 Å². The first kappa shape index (κ1) is 43.6. The first-order valence-corrected chi connectivity index (χ1v) is 23.1. The number of halogens is 3.